The summed E-state index contributed by atoms with van der Waals surface area (Å²) in [5.41, 5.74) is 2.81. The number of H-pyrrole nitrogens is 1. The first-order valence-electron chi connectivity index (χ1n) is 10.2. The topological polar surface area (TPSA) is 94.4 Å². The third kappa shape index (κ3) is 5.62. The van der Waals surface area contributed by atoms with E-state index in [2.05, 4.69) is 25.9 Å². The van der Waals surface area contributed by atoms with Crippen molar-refractivity contribution in [3.63, 3.8) is 0 Å². The maximum absolute atomic E-state index is 13.5. The standard InChI is InChI=1S/C22H28FN5O2/c1-3-24-22(26-10-4-9-25-21(29)20-15(2)8-12-30-20)27-11-7-16-14-28-19-6-5-17(23)13-18(16)19/h5-6,8,12-14,28H,3-4,7,9-11H2,1-2H3,(H,25,29)(H2,24,26,27). The number of aromatic amines is 1. The van der Waals surface area contributed by atoms with E-state index in [4.69, 9.17) is 4.42 Å². The Bertz CT molecular complexity index is 1010. The molecular weight excluding hydrogens is 385 g/mol. The van der Waals surface area contributed by atoms with Crippen molar-refractivity contribution in [2.75, 3.05) is 26.2 Å². The molecule has 0 unspecified atom stereocenters. The number of furan rings is 1. The van der Waals surface area contributed by atoms with Crippen molar-refractivity contribution in [2.24, 2.45) is 4.99 Å². The molecule has 0 bridgehead atoms. The van der Waals surface area contributed by atoms with Gasteiger partial charge in [-0.25, -0.2) is 4.39 Å². The van der Waals surface area contributed by atoms with Gasteiger partial charge in [-0.3, -0.25) is 9.79 Å². The number of nitrogens with one attached hydrogen (secondary N) is 4. The summed E-state index contributed by atoms with van der Waals surface area (Å²) in [7, 11) is 0. The zero-order chi connectivity index (χ0) is 21.3. The van der Waals surface area contributed by atoms with Crippen LogP contribution in [0.2, 0.25) is 0 Å². The monoisotopic (exact) mass is 413 g/mol. The highest BCUT2D eigenvalue weighted by Gasteiger charge is 2.11. The number of amides is 1. The van der Waals surface area contributed by atoms with E-state index in [1.54, 1.807) is 18.2 Å². The summed E-state index contributed by atoms with van der Waals surface area (Å²) in [5, 5.41) is 10.2. The Balaban J connectivity index is 1.43. The molecule has 0 spiro atoms. The second-order valence-corrected chi connectivity index (χ2v) is 6.98. The first kappa shape index (κ1) is 21.4. The normalized spacial score (nSPS) is 11.6. The number of benzene rings is 1. The molecule has 0 aliphatic heterocycles. The number of nitrogens with zero attached hydrogens (tertiary/aromatic N) is 1. The predicted molar refractivity (Wildman–Crippen MR) is 116 cm³/mol. The van der Waals surface area contributed by atoms with Gasteiger partial charge in [0.2, 0.25) is 0 Å². The molecule has 1 aromatic carbocycles. The van der Waals surface area contributed by atoms with Crippen LogP contribution < -0.4 is 16.0 Å². The van der Waals surface area contributed by atoms with Gasteiger partial charge >= 0.3 is 0 Å². The van der Waals surface area contributed by atoms with Crippen molar-refractivity contribution in [1.82, 2.24) is 20.9 Å². The van der Waals surface area contributed by atoms with E-state index in [1.807, 2.05) is 20.0 Å². The molecule has 0 radical (unpaired) electrons. The first-order valence-corrected chi connectivity index (χ1v) is 10.2. The minimum Gasteiger partial charge on any atom is -0.459 e. The molecular formula is C22H28FN5O2. The van der Waals surface area contributed by atoms with Crippen molar-refractivity contribution in [2.45, 2.75) is 26.7 Å². The van der Waals surface area contributed by atoms with E-state index in [1.165, 1.54) is 12.3 Å². The highest BCUT2D eigenvalue weighted by molar-refractivity contribution is 5.92. The van der Waals surface area contributed by atoms with Crippen LogP contribution in [-0.2, 0) is 6.42 Å². The van der Waals surface area contributed by atoms with Crippen LogP contribution in [0.4, 0.5) is 4.39 Å². The van der Waals surface area contributed by atoms with Crippen LogP contribution in [0.5, 0.6) is 0 Å². The maximum Gasteiger partial charge on any atom is 0.287 e. The quantitative estimate of drug-likeness (QED) is 0.246. The molecule has 2 aromatic heterocycles. The van der Waals surface area contributed by atoms with Crippen LogP contribution in [0.1, 0.15) is 35.0 Å². The number of aryl methyl sites for hydroxylation is 1. The molecule has 8 heteroatoms. The number of aliphatic imine (C=N–C) groups is 1. The molecule has 0 saturated heterocycles. The van der Waals surface area contributed by atoms with Crippen LogP contribution in [0.15, 0.2) is 46.1 Å². The number of guanidine groups is 1. The molecule has 0 aliphatic rings. The Morgan fingerprint density at radius 2 is 2.07 bits per heavy atom. The van der Waals surface area contributed by atoms with Gasteiger partial charge in [0.15, 0.2) is 11.7 Å². The molecule has 7 nitrogen and oxygen atoms in total. The number of fused-ring (bicyclic) bond motifs is 1. The summed E-state index contributed by atoms with van der Waals surface area (Å²) in [6, 6.07) is 6.52. The lowest BCUT2D eigenvalue weighted by molar-refractivity contribution is 0.0925. The molecule has 0 atom stereocenters. The van der Waals surface area contributed by atoms with E-state index >= 15 is 0 Å². The van der Waals surface area contributed by atoms with Crippen LogP contribution in [0.3, 0.4) is 0 Å². The number of halogens is 1. The molecule has 160 valence electrons. The molecule has 0 saturated carbocycles. The van der Waals surface area contributed by atoms with Crippen molar-refractivity contribution in [3.8, 4) is 0 Å². The van der Waals surface area contributed by atoms with Gasteiger partial charge < -0.3 is 25.4 Å². The average molecular weight is 413 g/mol. The van der Waals surface area contributed by atoms with Gasteiger partial charge in [-0.2, -0.15) is 0 Å². The number of carbonyl (C=O) groups excluding carboxylic acids is 1. The fraction of sp³-hybridized carbons (Fsp3) is 0.364. The fourth-order valence-corrected chi connectivity index (χ4v) is 3.17. The number of carbonyl (C=O) groups is 1. The Morgan fingerprint density at radius 1 is 1.20 bits per heavy atom. The van der Waals surface area contributed by atoms with Crippen molar-refractivity contribution in [1.29, 1.82) is 0 Å². The lowest BCUT2D eigenvalue weighted by Crippen LogP contribution is -2.38. The zero-order valence-corrected chi connectivity index (χ0v) is 17.3. The van der Waals surface area contributed by atoms with Crippen LogP contribution >= 0.6 is 0 Å². The average Bonchev–Trinajstić information content (AvgIpc) is 3.33. The number of hydrogen-bond donors (Lipinski definition) is 4. The predicted octanol–water partition coefficient (Wildman–Crippen LogP) is 3.13. The Kier molecular flexibility index (Phi) is 7.48. The van der Waals surface area contributed by atoms with Crippen molar-refractivity contribution < 1.29 is 13.6 Å². The molecule has 3 rings (SSSR count). The third-order valence-corrected chi connectivity index (χ3v) is 4.72. The van der Waals surface area contributed by atoms with Gasteiger partial charge in [0, 0.05) is 48.8 Å². The SMILES string of the molecule is CCNC(=NCCCNC(=O)c1occc1C)NCCc1c[nH]c2ccc(F)cc12. The summed E-state index contributed by atoms with van der Waals surface area (Å²) in [6.07, 6.45) is 4.88. The Hall–Kier alpha value is -3.29. The largest absolute Gasteiger partial charge is 0.459 e. The van der Waals surface area contributed by atoms with Gasteiger partial charge in [0.1, 0.15) is 5.82 Å². The highest BCUT2D eigenvalue weighted by atomic mass is 19.1. The van der Waals surface area contributed by atoms with Gasteiger partial charge in [0.05, 0.1) is 6.26 Å². The van der Waals surface area contributed by atoms with Gasteiger partial charge in [-0.05, 0) is 56.5 Å². The minimum atomic E-state index is -0.236. The lowest BCUT2D eigenvalue weighted by Gasteiger charge is -2.11. The Labute approximate surface area is 175 Å². The second-order valence-electron chi connectivity index (χ2n) is 6.98. The zero-order valence-electron chi connectivity index (χ0n) is 17.3. The molecule has 3 aromatic rings. The van der Waals surface area contributed by atoms with Gasteiger partial charge in [-0.15, -0.1) is 0 Å². The van der Waals surface area contributed by atoms with E-state index in [9.17, 15) is 9.18 Å². The molecule has 30 heavy (non-hydrogen) atoms. The Morgan fingerprint density at radius 3 is 2.83 bits per heavy atom. The van der Waals surface area contributed by atoms with Crippen molar-refractivity contribution >= 4 is 22.8 Å². The minimum absolute atomic E-state index is 0.207. The van der Waals surface area contributed by atoms with Crippen LogP contribution in [0, 0.1) is 12.7 Å². The van der Waals surface area contributed by atoms with E-state index < -0.39 is 0 Å². The molecule has 1 amide bonds. The molecule has 0 aliphatic carbocycles. The van der Waals surface area contributed by atoms with E-state index in [0.29, 0.717) is 31.8 Å². The van der Waals surface area contributed by atoms with Crippen molar-refractivity contribution in [3.05, 3.63) is 59.4 Å². The van der Waals surface area contributed by atoms with Crippen LogP contribution in [-0.4, -0.2) is 43.0 Å². The summed E-state index contributed by atoms with van der Waals surface area (Å²) in [4.78, 5) is 19.7. The van der Waals surface area contributed by atoms with E-state index in [-0.39, 0.29) is 11.7 Å². The summed E-state index contributed by atoms with van der Waals surface area (Å²) in [5.74, 6) is 0.629. The molecule has 2 heterocycles. The molecule has 0 fully saturated rings. The first-order chi connectivity index (χ1) is 14.6. The second kappa shape index (κ2) is 10.5. The third-order valence-electron chi connectivity index (χ3n) is 4.72. The number of rotatable bonds is 9. The van der Waals surface area contributed by atoms with Gasteiger partial charge in [0.25, 0.3) is 5.91 Å². The van der Waals surface area contributed by atoms with Gasteiger partial charge in [-0.1, -0.05) is 0 Å². The molecule has 4 N–H and O–H groups in total. The summed E-state index contributed by atoms with van der Waals surface area (Å²) >= 11 is 0. The highest BCUT2D eigenvalue weighted by Crippen LogP contribution is 2.19. The summed E-state index contributed by atoms with van der Waals surface area (Å²) < 4.78 is 18.7. The maximum atomic E-state index is 13.5. The van der Waals surface area contributed by atoms with E-state index in [0.717, 1.165) is 41.0 Å². The lowest BCUT2D eigenvalue weighted by atomic mass is 10.1. The van der Waals surface area contributed by atoms with Crippen LogP contribution in [0.25, 0.3) is 10.9 Å². The number of aromatic nitrogens is 1. The fourth-order valence-electron chi connectivity index (χ4n) is 3.17. The smallest absolute Gasteiger partial charge is 0.287 e. The number of hydrogen-bond acceptors (Lipinski definition) is 3. The summed E-state index contributed by atoms with van der Waals surface area (Å²) in [6.45, 7) is 6.35.